The van der Waals surface area contributed by atoms with E-state index in [1.807, 2.05) is 30.3 Å². The molecule has 1 N–H and O–H groups in total. The van der Waals surface area contributed by atoms with Gasteiger partial charge in [-0.2, -0.15) is 5.10 Å². The molecule has 0 radical (unpaired) electrons. The monoisotopic (exact) mass is 441 g/mol. The van der Waals surface area contributed by atoms with Crippen molar-refractivity contribution in [3.8, 4) is 5.69 Å². The summed E-state index contributed by atoms with van der Waals surface area (Å²) in [6, 6.07) is 14.3. The van der Waals surface area contributed by atoms with Gasteiger partial charge >= 0.3 is 0 Å². The number of hydrogen-bond acceptors (Lipinski definition) is 2. The molecule has 1 aliphatic carbocycles. The van der Waals surface area contributed by atoms with Crippen LogP contribution < -0.4 is 5.32 Å². The van der Waals surface area contributed by atoms with Crippen LogP contribution in [0.15, 0.2) is 73.0 Å². The number of hydrogen-bond donors (Lipinski definition) is 1. The molecule has 0 unspecified atom stereocenters. The van der Waals surface area contributed by atoms with Gasteiger partial charge in [-0.25, -0.2) is 9.07 Å². The van der Waals surface area contributed by atoms with Gasteiger partial charge in [-0.1, -0.05) is 56.3 Å². The fourth-order valence-electron chi connectivity index (χ4n) is 3.89. The molecule has 0 bridgehead atoms. The first kappa shape index (κ1) is 22.5. The lowest BCUT2D eigenvalue weighted by Crippen LogP contribution is -2.24. The molecule has 1 heterocycles. The van der Waals surface area contributed by atoms with Gasteiger partial charge < -0.3 is 5.32 Å². The molecule has 4 nitrogen and oxygen atoms in total. The standard InChI is InChI=1S/C28H28FN3O/c1-4-19(3)22-9-6-21(7-10-22)17-30-28(33)25-15-8-20(5-2)16-27-26(25)18-31-32(27)24-13-11-23(29)12-14-24/h6-7,9-16,18H,3-5,8,17H2,1-2H3,(H,30,33). The van der Waals surface area contributed by atoms with E-state index in [-0.39, 0.29) is 11.7 Å². The van der Waals surface area contributed by atoms with Gasteiger partial charge in [0.25, 0.3) is 5.91 Å². The zero-order chi connectivity index (χ0) is 23.4. The van der Waals surface area contributed by atoms with Crippen molar-refractivity contribution < 1.29 is 9.18 Å². The number of halogens is 1. The molecule has 3 aromatic rings. The minimum absolute atomic E-state index is 0.136. The Morgan fingerprint density at radius 1 is 1.12 bits per heavy atom. The van der Waals surface area contributed by atoms with Crippen molar-refractivity contribution in [2.45, 2.75) is 39.7 Å². The third-order valence-electron chi connectivity index (χ3n) is 6.02. The fourth-order valence-corrected chi connectivity index (χ4v) is 3.89. The highest BCUT2D eigenvalue weighted by Gasteiger charge is 2.22. The maximum Gasteiger partial charge on any atom is 0.251 e. The van der Waals surface area contributed by atoms with Crippen molar-refractivity contribution in [1.82, 2.24) is 15.1 Å². The first-order valence-corrected chi connectivity index (χ1v) is 11.3. The summed E-state index contributed by atoms with van der Waals surface area (Å²) in [7, 11) is 0. The summed E-state index contributed by atoms with van der Waals surface area (Å²) in [6.07, 6.45) is 8.25. The highest BCUT2D eigenvalue weighted by molar-refractivity contribution is 6.20. The number of nitrogens with one attached hydrogen (secondary N) is 1. The Morgan fingerprint density at radius 3 is 2.52 bits per heavy atom. The number of fused-ring (bicyclic) bond motifs is 1. The molecule has 33 heavy (non-hydrogen) atoms. The summed E-state index contributed by atoms with van der Waals surface area (Å²) in [5, 5.41) is 7.56. The van der Waals surface area contributed by atoms with Gasteiger partial charge in [0.1, 0.15) is 5.82 Å². The second-order valence-corrected chi connectivity index (χ2v) is 8.15. The third-order valence-corrected chi connectivity index (χ3v) is 6.02. The average Bonchev–Trinajstić information content (AvgIpc) is 3.15. The Balaban J connectivity index is 1.57. The Hall–Kier alpha value is -3.73. The maximum absolute atomic E-state index is 13.4. The third kappa shape index (κ3) is 4.87. The van der Waals surface area contributed by atoms with Crippen LogP contribution in [0.5, 0.6) is 0 Å². The van der Waals surface area contributed by atoms with Gasteiger partial charge in [0.2, 0.25) is 0 Å². The normalized spacial score (nSPS) is 12.9. The number of rotatable bonds is 7. The molecule has 1 aliphatic rings. The Morgan fingerprint density at radius 2 is 1.85 bits per heavy atom. The molecule has 1 amide bonds. The summed E-state index contributed by atoms with van der Waals surface area (Å²) in [5.74, 6) is -0.434. The minimum Gasteiger partial charge on any atom is -0.348 e. The summed E-state index contributed by atoms with van der Waals surface area (Å²) in [4.78, 5) is 13.2. The van der Waals surface area contributed by atoms with E-state index < -0.39 is 0 Å². The largest absolute Gasteiger partial charge is 0.348 e. The van der Waals surface area contributed by atoms with Crippen LogP contribution in [0.4, 0.5) is 4.39 Å². The number of allylic oxidation sites excluding steroid dienone is 3. The van der Waals surface area contributed by atoms with E-state index in [9.17, 15) is 9.18 Å². The maximum atomic E-state index is 13.4. The van der Waals surface area contributed by atoms with Gasteiger partial charge in [0.05, 0.1) is 17.6 Å². The van der Waals surface area contributed by atoms with E-state index in [2.05, 4.69) is 36.9 Å². The van der Waals surface area contributed by atoms with Gasteiger partial charge in [0.15, 0.2) is 0 Å². The van der Waals surface area contributed by atoms with E-state index >= 15 is 0 Å². The van der Waals surface area contributed by atoms with Gasteiger partial charge in [-0.3, -0.25) is 4.79 Å². The molecule has 4 rings (SSSR count). The van der Waals surface area contributed by atoms with Gasteiger partial charge in [-0.05, 0) is 66.3 Å². The molecular formula is C28H28FN3O. The van der Waals surface area contributed by atoms with Crippen molar-refractivity contribution in [1.29, 1.82) is 0 Å². The predicted octanol–water partition coefficient (Wildman–Crippen LogP) is 6.33. The van der Waals surface area contributed by atoms with Crippen molar-refractivity contribution in [2.75, 3.05) is 0 Å². The summed E-state index contributed by atoms with van der Waals surface area (Å²) in [5.41, 5.74) is 7.41. The fraction of sp³-hybridized carbons (Fsp3) is 0.214. The molecule has 1 aromatic heterocycles. The van der Waals surface area contributed by atoms with Crippen LogP contribution in [0, 0.1) is 5.82 Å². The number of carbonyl (C=O) groups is 1. The van der Waals surface area contributed by atoms with E-state index in [0.717, 1.165) is 46.5 Å². The number of nitrogens with zero attached hydrogens (tertiary/aromatic N) is 2. The second kappa shape index (κ2) is 9.82. The van der Waals surface area contributed by atoms with Crippen LogP contribution in [-0.4, -0.2) is 15.7 Å². The zero-order valence-corrected chi connectivity index (χ0v) is 19.1. The Labute approximate surface area is 194 Å². The topological polar surface area (TPSA) is 46.9 Å². The quantitative estimate of drug-likeness (QED) is 0.466. The average molecular weight is 442 g/mol. The number of amides is 1. The van der Waals surface area contributed by atoms with Crippen molar-refractivity contribution >= 4 is 23.1 Å². The first-order chi connectivity index (χ1) is 16.0. The molecule has 0 spiro atoms. The van der Waals surface area contributed by atoms with E-state index in [4.69, 9.17) is 0 Å². The molecule has 2 aromatic carbocycles. The van der Waals surface area contributed by atoms with E-state index in [0.29, 0.717) is 18.5 Å². The lowest BCUT2D eigenvalue weighted by molar-refractivity contribution is -0.115. The molecule has 5 heteroatoms. The van der Waals surface area contributed by atoms with Crippen LogP contribution in [0.2, 0.25) is 0 Å². The van der Waals surface area contributed by atoms with Crippen LogP contribution in [0.1, 0.15) is 55.5 Å². The lowest BCUT2D eigenvalue weighted by atomic mass is 10.0. The van der Waals surface area contributed by atoms with Gasteiger partial charge in [0, 0.05) is 17.7 Å². The summed E-state index contributed by atoms with van der Waals surface area (Å²) < 4.78 is 15.2. The molecule has 0 saturated carbocycles. The van der Waals surface area contributed by atoms with Gasteiger partial charge in [-0.15, -0.1) is 0 Å². The number of benzene rings is 2. The SMILES string of the molecule is C=C(CC)c1ccc(CNC(=O)C2=CCC(CC)=Cc3c2cnn3-c2ccc(F)cc2)cc1. The molecule has 0 atom stereocenters. The summed E-state index contributed by atoms with van der Waals surface area (Å²) in [6.45, 7) is 8.69. The number of carbonyl (C=O) groups excluding carboxylic acids is 1. The Kier molecular flexibility index (Phi) is 6.68. The molecular weight excluding hydrogens is 413 g/mol. The molecule has 168 valence electrons. The minimum atomic E-state index is -0.297. The highest BCUT2D eigenvalue weighted by Crippen LogP contribution is 2.30. The predicted molar refractivity (Wildman–Crippen MR) is 132 cm³/mol. The Bertz CT molecular complexity index is 1230. The molecule has 0 aliphatic heterocycles. The molecule has 0 saturated heterocycles. The smallest absolute Gasteiger partial charge is 0.251 e. The van der Waals surface area contributed by atoms with E-state index in [1.54, 1.807) is 23.0 Å². The van der Waals surface area contributed by atoms with Crippen molar-refractivity contribution in [3.63, 3.8) is 0 Å². The lowest BCUT2D eigenvalue weighted by Gasteiger charge is -2.10. The van der Waals surface area contributed by atoms with Crippen molar-refractivity contribution in [3.05, 3.63) is 101 Å². The van der Waals surface area contributed by atoms with Crippen LogP contribution in [0.25, 0.3) is 22.9 Å². The first-order valence-electron chi connectivity index (χ1n) is 11.3. The second-order valence-electron chi connectivity index (χ2n) is 8.15. The van der Waals surface area contributed by atoms with Crippen molar-refractivity contribution in [2.24, 2.45) is 0 Å². The molecule has 0 fully saturated rings. The highest BCUT2D eigenvalue weighted by atomic mass is 19.1. The van der Waals surface area contributed by atoms with Crippen LogP contribution in [0.3, 0.4) is 0 Å². The van der Waals surface area contributed by atoms with E-state index in [1.165, 1.54) is 17.7 Å². The van der Waals surface area contributed by atoms with Crippen LogP contribution >= 0.6 is 0 Å². The van der Waals surface area contributed by atoms with Crippen LogP contribution in [-0.2, 0) is 11.3 Å². The number of aromatic nitrogens is 2. The zero-order valence-electron chi connectivity index (χ0n) is 19.1. The summed E-state index contributed by atoms with van der Waals surface area (Å²) >= 11 is 0.